The maximum absolute atomic E-state index is 14.0. The Labute approximate surface area is 226 Å². The molecule has 11 heteroatoms. The summed E-state index contributed by atoms with van der Waals surface area (Å²) in [5, 5.41) is 6.13. The Hall–Kier alpha value is -3.60. The zero-order chi connectivity index (χ0) is 25.5. The second kappa shape index (κ2) is 10.6. The fourth-order valence-corrected chi connectivity index (χ4v) is 5.75. The van der Waals surface area contributed by atoms with E-state index < -0.39 is 23.2 Å². The molecule has 1 aliphatic rings. The number of amides is 1. The summed E-state index contributed by atoms with van der Waals surface area (Å²) in [4.78, 5) is 33.9. The topological polar surface area (TPSA) is 78.7 Å². The maximum atomic E-state index is 14.0. The van der Waals surface area contributed by atoms with Gasteiger partial charge < -0.3 is 14.6 Å². The number of piperazine rings is 1. The van der Waals surface area contributed by atoms with E-state index in [1.807, 2.05) is 30.3 Å². The van der Waals surface area contributed by atoms with Crippen LogP contribution >= 0.6 is 23.7 Å². The zero-order valence-electron chi connectivity index (χ0n) is 20.1. The second-order valence-electron chi connectivity index (χ2n) is 8.96. The van der Waals surface area contributed by atoms with Crippen molar-refractivity contribution >= 4 is 66.7 Å². The molecule has 0 aliphatic carbocycles. The molecule has 1 fully saturated rings. The number of carbonyl (C=O) groups excluding carboxylic acids is 1. The second-order valence-corrected chi connectivity index (χ2v) is 9.97. The molecule has 1 amide bonds. The Morgan fingerprint density at radius 2 is 1.82 bits per heavy atom. The van der Waals surface area contributed by atoms with Crippen molar-refractivity contribution in [3.05, 3.63) is 82.2 Å². The highest BCUT2D eigenvalue weighted by Gasteiger charge is 2.21. The van der Waals surface area contributed by atoms with Crippen molar-refractivity contribution in [2.75, 3.05) is 44.2 Å². The van der Waals surface area contributed by atoms with E-state index in [9.17, 15) is 18.4 Å². The summed E-state index contributed by atoms with van der Waals surface area (Å²) >= 11 is 1.28. The summed E-state index contributed by atoms with van der Waals surface area (Å²) in [7, 11) is 0. The molecular weight excluding hydrogens is 534 g/mol. The van der Waals surface area contributed by atoms with Crippen LogP contribution in [0.2, 0.25) is 0 Å². The molecule has 2 aromatic heterocycles. The van der Waals surface area contributed by atoms with Gasteiger partial charge in [0.05, 0.1) is 4.70 Å². The number of hydrogen-bond donors (Lipinski definition) is 1. The van der Waals surface area contributed by atoms with Crippen LogP contribution in [-0.4, -0.2) is 55.1 Å². The van der Waals surface area contributed by atoms with Crippen LogP contribution in [0.15, 0.2) is 63.8 Å². The molecule has 5 aromatic rings. The predicted octanol–water partition coefficient (Wildman–Crippen LogP) is 4.81. The van der Waals surface area contributed by atoms with E-state index in [-0.39, 0.29) is 23.5 Å². The van der Waals surface area contributed by atoms with Crippen LogP contribution in [0.3, 0.4) is 0 Å². The van der Waals surface area contributed by atoms with E-state index in [1.165, 1.54) is 17.4 Å². The molecule has 6 rings (SSSR count). The number of thiazole rings is 1. The third-order valence-electron chi connectivity index (χ3n) is 6.64. The van der Waals surface area contributed by atoms with E-state index in [2.05, 4.69) is 20.1 Å². The number of aromatic nitrogens is 1. The number of fused-ring (bicyclic) bond motifs is 4. The number of benzene rings is 3. The Morgan fingerprint density at radius 3 is 2.63 bits per heavy atom. The highest BCUT2D eigenvalue weighted by molar-refractivity contribution is 7.22. The average molecular weight is 557 g/mol. The van der Waals surface area contributed by atoms with Crippen LogP contribution < -0.4 is 15.8 Å². The third-order valence-corrected chi connectivity index (χ3v) is 7.71. The van der Waals surface area contributed by atoms with E-state index in [0.717, 1.165) is 35.3 Å². The molecule has 1 aliphatic heterocycles. The van der Waals surface area contributed by atoms with Crippen LogP contribution in [0.25, 0.3) is 32.0 Å². The van der Waals surface area contributed by atoms with Gasteiger partial charge >= 0.3 is 5.63 Å². The van der Waals surface area contributed by atoms with Crippen LogP contribution in [0.1, 0.15) is 10.4 Å². The van der Waals surface area contributed by atoms with Crippen LogP contribution in [-0.2, 0) is 0 Å². The molecule has 0 atom stereocenters. The molecule has 0 unspecified atom stereocenters. The fraction of sp³-hybridized carbons (Fsp3) is 0.222. The summed E-state index contributed by atoms with van der Waals surface area (Å²) in [5.74, 6) is -1.73. The average Bonchev–Trinajstić information content (AvgIpc) is 3.33. The first-order valence-electron chi connectivity index (χ1n) is 11.9. The number of hydrogen-bond acceptors (Lipinski definition) is 7. The zero-order valence-corrected chi connectivity index (χ0v) is 21.7. The molecule has 0 bridgehead atoms. The molecule has 0 radical (unpaired) electrons. The Balaban J connectivity index is 0.00000294. The lowest BCUT2D eigenvalue weighted by atomic mass is 10.0. The van der Waals surface area contributed by atoms with Gasteiger partial charge in [0.15, 0.2) is 10.9 Å². The summed E-state index contributed by atoms with van der Waals surface area (Å²) in [6.07, 6.45) is 0. The minimum Gasteiger partial charge on any atom is -0.422 e. The Kier molecular flexibility index (Phi) is 7.29. The molecule has 0 spiro atoms. The standard InChI is InChI=1S/C27H22F2N4O3S.ClH/c28-17-13-21(29)24-23(14-17)37-27(31-24)33-11-9-32(10-12-33)8-7-30-25(34)20-15-19-18-4-2-1-3-16(18)5-6-22(19)36-26(20)35;/h1-6,13-15H,7-12H2,(H,30,34);1H. The number of nitrogens with zero attached hydrogens (tertiary/aromatic N) is 3. The predicted molar refractivity (Wildman–Crippen MR) is 148 cm³/mol. The van der Waals surface area contributed by atoms with E-state index in [4.69, 9.17) is 4.42 Å². The van der Waals surface area contributed by atoms with Gasteiger partial charge in [-0.2, -0.15) is 0 Å². The Bertz CT molecular complexity index is 1720. The first-order chi connectivity index (χ1) is 18.0. The molecule has 1 N–H and O–H groups in total. The number of anilines is 1. The largest absolute Gasteiger partial charge is 0.422 e. The van der Waals surface area contributed by atoms with Crippen molar-refractivity contribution in [1.82, 2.24) is 15.2 Å². The lowest BCUT2D eigenvalue weighted by Gasteiger charge is -2.34. The molecule has 3 aromatic carbocycles. The van der Waals surface area contributed by atoms with Crippen LogP contribution in [0.5, 0.6) is 0 Å². The fourth-order valence-electron chi connectivity index (χ4n) is 4.70. The lowest BCUT2D eigenvalue weighted by Crippen LogP contribution is -2.48. The van der Waals surface area contributed by atoms with Gasteiger partial charge in [0.1, 0.15) is 22.5 Å². The molecule has 38 heavy (non-hydrogen) atoms. The van der Waals surface area contributed by atoms with E-state index in [1.54, 1.807) is 12.1 Å². The van der Waals surface area contributed by atoms with Crippen molar-refractivity contribution in [3.63, 3.8) is 0 Å². The van der Waals surface area contributed by atoms with Gasteiger partial charge in [0.25, 0.3) is 5.91 Å². The van der Waals surface area contributed by atoms with Gasteiger partial charge in [-0.05, 0) is 29.0 Å². The number of rotatable bonds is 5. The first-order valence-corrected chi connectivity index (χ1v) is 12.7. The van der Waals surface area contributed by atoms with Crippen LogP contribution in [0.4, 0.5) is 13.9 Å². The van der Waals surface area contributed by atoms with Gasteiger partial charge in [0.2, 0.25) is 0 Å². The molecule has 7 nitrogen and oxygen atoms in total. The summed E-state index contributed by atoms with van der Waals surface area (Å²) in [6, 6.07) is 15.1. The van der Waals surface area contributed by atoms with E-state index in [0.29, 0.717) is 41.6 Å². The van der Waals surface area contributed by atoms with Gasteiger partial charge in [-0.1, -0.05) is 41.7 Å². The minimum absolute atomic E-state index is 0. The molecule has 0 saturated carbocycles. The number of carbonyl (C=O) groups is 1. The minimum atomic E-state index is -0.666. The first kappa shape index (κ1) is 26.0. The van der Waals surface area contributed by atoms with E-state index >= 15 is 0 Å². The highest BCUT2D eigenvalue weighted by Crippen LogP contribution is 2.31. The normalized spacial score (nSPS) is 14.2. The van der Waals surface area contributed by atoms with Gasteiger partial charge in [-0.15, -0.1) is 12.4 Å². The number of halogens is 3. The van der Waals surface area contributed by atoms with Crippen molar-refractivity contribution < 1.29 is 18.0 Å². The van der Waals surface area contributed by atoms with Gasteiger partial charge in [-0.25, -0.2) is 18.6 Å². The molecule has 196 valence electrons. The van der Waals surface area contributed by atoms with Crippen molar-refractivity contribution in [3.8, 4) is 0 Å². The van der Waals surface area contributed by atoms with Crippen molar-refractivity contribution in [1.29, 1.82) is 0 Å². The molecule has 3 heterocycles. The molecule has 1 saturated heterocycles. The van der Waals surface area contributed by atoms with Crippen molar-refractivity contribution in [2.24, 2.45) is 0 Å². The summed E-state index contributed by atoms with van der Waals surface area (Å²) in [6.45, 7) is 3.80. The summed E-state index contributed by atoms with van der Waals surface area (Å²) < 4.78 is 33.4. The van der Waals surface area contributed by atoms with Gasteiger partial charge in [-0.3, -0.25) is 9.69 Å². The Morgan fingerprint density at radius 1 is 1.03 bits per heavy atom. The highest BCUT2D eigenvalue weighted by atomic mass is 35.5. The lowest BCUT2D eigenvalue weighted by molar-refractivity contribution is 0.0944. The maximum Gasteiger partial charge on any atom is 0.349 e. The smallest absolute Gasteiger partial charge is 0.349 e. The monoisotopic (exact) mass is 556 g/mol. The van der Waals surface area contributed by atoms with Crippen molar-refractivity contribution in [2.45, 2.75) is 0 Å². The summed E-state index contributed by atoms with van der Waals surface area (Å²) in [5.41, 5.74) is -0.0500. The SMILES string of the molecule is Cl.O=C(NCCN1CCN(c2nc3c(F)cc(F)cc3s2)CC1)c1cc2c(ccc3ccccc32)oc1=O. The van der Waals surface area contributed by atoms with Gasteiger partial charge in [0, 0.05) is 50.7 Å². The third kappa shape index (κ3) is 4.94. The molecular formula is C27H23ClF2N4O3S. The van der Waals surface area contributed by atoms with Crippen LogP contribution in [0, 0.1) is 11.6 Å². The quantitative estimate of drug-likeness (QED) is 0.247. The number of nitrogens with one attached hydrogen (secondary N) is 1.